The monoisotopic (exact) mass is 306 g/mol. The Morgan fingerprint density at radius 2 is 1.95 bits per heavy atom. The van der Waals surface area contributed by atoms with E-state index < -0.39 is 0 Å². The number of ether oxygens (including phenoxy) is 2. The van der Waals surface area contributed by atoms with E-state index in [0.717, 1.165) is 18.4 Å². The Bertz CT molecular complexity index is 462. The van der Waals surface area contributed by atoms with Crippen molar-refractivity contribution in [2.75, 3.05) is 19.8 Å². The van der Waals surface area contributed by atoms with Gasteiger partial charge in [-0.25, -0.2) is 0 Å². The molecule has 0 spiro atoms. The zero-order valence-corrected chi connectivity index (χ0v) is 13.5. The summed E-state index contributed by atoms with van der Waals surface area (Å²) in [6, 6.07) is 7.22. The Labute approximate surface area is 132 Å². The molecule has 1 aromatic carbocycles. The first-order valence-corrected chi connectivity index (χ1v) is 7.59. The molecule has 0 aromatic heterocycles. The van der Waals surface area contributed by atoms with Gasteiger partial charge in [-0.15, -0.1) is 6.58 Å². The third-order valence-electron chi connectivity index (χ3n) is 3.56. The van der Waals surface area contributed by atoms with Crippen LogP contribution in [0.2, 0.25) is 0 Å². The molecular formula is C18H26O4. The molecule has 0 fully saturated rings. The smallest absolute Gasteiger partial charge is 0.305 e. The Morgan fingerprint density at radius 1 is 1.27 bits per heavy atom. The molecule has 0 saturated carbocycles. The molecular weight excluding hydrogens is 280 g/mol. The summed E-state index contributed by atoms with van der Waals surface area (Å²) < 4.78 is 10.2. The Kier molecular flexibility index (Phi) is 7.67. The van der Waals surface area contributed by atoms with Crippen LogP contribution in [0.5, 0.6) is 5.75 Å². The van der Waals surface area contributed by atoms with E-state index in [0.29, 0.717) is 19.6 Å². The second-order valence-electron chi connectivity index (χ2n) is 5.87. The topological polar surface area (TPSA) is 55.8 Å². The average molecular weight is 306 g/mol. The fourth-order valence-corrected chi connectivity index (χ4v) is 2.18. The van der Waals surface area contributed by atoms with Crippen molar-refractivity contribution in [1.82, 2.24) is 0 Å². The molecule has 0 aliphatic rings. The van der Waals surface area contributed by atoms with Gasteiger partial charge in [-0.05, 0) is 36.0 Å². The molecule has 1 rings (SSSR count). The first-order valence-electron chi connectivity index (χ1n) is 7.59. The van der Waals surface area contributed by atoms with Crippen LogP contribution in [-0.2, 0) is 19.7 Å². The molecule has 0 saturated heterocycles. The summed E-state index contributed by atoms with van der Waals surface area (Å²) in [6.45, 7) is 8.96. The lowest BCUT2D eigenvalue weighted by atomic mass is 9.80. The third kappa shape index (κ3) is 6.76. The highest BCUT2D eigenvalue weighted by molar-refractivity contribution is 5.69. The average Bonchev–Trinajstić information content (AvgIpc) is 2.47. The molecule has 122 valence electrons. The van der Waals surface area contributed by atoms with Gasteiger partial charge in [-0.2, -0.15) is 0 Å². The molecule has 0 unspecified atom stereocenters. The van der Waals surface area contributed by atoms with Crippen molar-refractivity contribution in [3.05, 3.63) is 42.5 Å². The molecule has 0 heterocycles. The zero-order valence-electron chi connectivity index (χ0n) is 13.5. The quantitative estimate of drug-likeness (QED) is 0.408. The Morgan fingerprint density at radius 3 is 2.59 bits per heavy atom. The number of esters is 1. The second-order valence-corrected chi connectivity index (χ2v) is 5.87. The van der Waals surface area contributed by atoms with Crippen molar-refractivity contribution >= 4 is 5.97 Å². The van der Waals surface area contributed by atoms with Gasteiger partial charge in [-0.1, -0.05) is 32.1 Å². The number of carbonyl (C=O) groups is 1. The van der Waals surface area contributed by atoms with Crippen LogP contribution in [0.1, 0.15) is 38.7 Å². The van der Waals surface area contributed by atoms with Crippen molar-refractivity contribution in [3.63, 3.8) is 0 Å². The fraction of sp³-hybridized carbons (Fsp3) is 0.500. The molecule has 4 nitrogen and oxygen atoms in total. The lowest BCUT2D eigenvalue weighted by Crippen LogP contribution is -2.18. The van der Waals surface area contributed by atoms with Crippen molar-refractivity contribution in [2.45, 2.75) is 38.5 Å². The lowest BCUT2D eigenvalue weighted by molar-refractivity contribution is -0.145. The van der Waals surface area contributed by atoms with Gasteiger partial charge in [0.2, 0.25) is 0 Å². The summed E-state index contributed by atoms with van der Waals surface area (Å²) in [5.41, 5.74) is 1.11. The number of carbonyl (C=O) groups excluding carboxylic acids is 1. The largest absolute Gasteiger partial charge is 0.508 e. The van der Waals surface area contributed by atoms with Crippen LogP contribution in [0.15, 0.2) is 36.9 Å². The molecule has 0 atom stereocenters. The van der Waals surface area contributed by atoms with E-state index in [9.17, 15) is 9.90 Å². The van der Waals surface area contributed by atoms with Crippen LogP contribution in [-0.4, -0.2) is 30.9 Å². The second kappa shape index (κ2) is 9.26. The van der Waals surface area contributed by atoms with Gasteiger partial charge in [0.1, 0.15) is 12.4 Å². The number of hydrogen-bond acceptors (Lipinski definition) is 4. The molecule has 0 radical (unpaired) electrons. The summed E-state index contributed by atoms with van der Waals surface area (Å²) in [6.07, 6.45) is 3.70. The van der Waals surface area contributed by atoms with E-state index in [4.69, 9.17) is 9.47 Å². The van der Waals surface area contributed by atoms with E-state index in [1.807, 2.05) is 12.1 Å². The minimum Gasteiger partial charge on any atom is -0.508 e. The number of phenolic OH excluding ortho intramolecular Hbond substituents is 1. The van der Waals surface area contributed by atoms with E-state index in [1.165, 1.54) is 0 Å². The summed E-state index contributed by atoms with van der Waals surface area (Å²) in [5.74, 6) is 0.0745. The summed E-state index contributed by atoms with van der Waals surface area (Å²) in [5, 5.41) is 9.33. The summed E-state index contributed by atoms with van der Waals surface area (Å²) in [4.78, 5) is 11.6. The van der Waals surface area contributed by atoms with Gasteiger partial charge in [0.15, 0.2) is 0 Å². The molecule has 0 aliphatic carbocycles. The molecule has 1 N–H and O–H groups in total. The highest BCUT2D eigenvalue weighted by Crippen LogP contribution is 2.30. The van der Waals surface area contributed by atoms with Gasteiger partial charge >= 0.3 is 5.97 Å². The first-order chi connectivity index (χ1) is 10.5. The first kappa shape index (κ1) is 18.2. The maximum Gasteiger partial charge on any atom is 0.305 e. The maximum absolute atomic E-state index is 11.6. The standard InChI is InChI=1S/C18H26O4/c1-4-12-21-13-14-22-17(20)6-5-11-18(2,3)15-7-9-16(19)10-8-15/h4,7-10,19H,1,5-6,11-14H2,2-3H3. The lowest BCUT2D eigenvalue weighted by Gasteiger charge is -2.25. The number of benzene rings is 1. The highest BCUT2D eigenvalue weighted by atomic mass is 16.6. The molecule has 0 bridgehead atoms. The minimum atomic E-state index is -0.191. The molecule has 0 aliphatic heterocycles. The van der Waals surface area contributed by atoms with E-state index >= 15 is 0 Å². The Balaban J connectivity index is 2.26. The van der Waals surface area contributed by atoms with Crippen molar-refractivity contribution in [2.24, 2.45) is 0 Å². The van der Waals surface area contributed by atoms with Gasteiger partial charge in [0.25, 0.3) is 0 Å². The zero-order chi connectivity index (χ0) is 16.4. The number of phenols is 1. The summed E-state index contributed by atoms with van der Waals surface area (Å²) in [7, 11) is 0. The predicted molar refractivity (Wildman–Crippen MR) is 87.0 cm³/mol. The molecule has 22 heavy (non-hydrogen) atoms. The molecule has 4 heteroatoms. The number of rotatable bonds is 10. The van der Waals surface area contributed by atoms with Crippen molar-refractivity contribution < 1.29 is 19.4 Å². The van der Waals surface area contributed by atoms with E-state index in [2.05, 4.69) is 20.4 Å². The van der Waals surface area contributed by atoms with Crippen LogP contribution >= 0.6 is 0 Å². The van der Waals surface area contributed by atoms with Crippen LogP contribution in [0.25, 0.3) is 0 Å². The molecule has 0 amide bonds. The summed E-state index contributed by atoms with van der Waals surface area (Å²) >= 11 is 0. The van der Waals surface area contributed by atoms with Gasteiger partial charge < -0.3 is 14.6 Å². The predicted octanol–water partition coefficient (Wildman–Crippen LogP) is 3.59. The van der Waals surface area contributed by atoms with Crippen LogP contribution in [0.3, 0.4) is 0 Å². The minimum absolute atomic E-state index is 0.0406. The third-order valence-corrected chi connectivity index (χ3v) is 3.56. The normalized spacial score (nSPS) is 11.2. The van der Waals surface area contributed by atoms with Crippen LogP contribution < -0.4 is 0 Å². The highest BCUT2D eigenvalue weighted by Gasteiger charge is 2.20. The fourth-order valence-electron chi connectivity index (χ4n) is 2.18. The van der Waals surface area contributed by atoms with E-state index in [1.54, 1.807) is 18.2 Å². The maximum atomic E-state index is 11.6. The number of aromatic hydroxyl groups is 1. The van der Waals surface area contributed by atoms with Crippen molar-refractivity contribution in [3.8, 4) is 5.75 Å². The molecule has 1 aromatic rings. The number of hydrogen-bond donors (Lipinski definition) is 1. The van der Waals surface area contributed by atoms with E-state index in [-0.39, 0.29) is 23.7 Å². The van der Waals surface area contributed by atoms with Crippen LogP contribution in [0, 0.1) is 0 Å². The SMILES string of the molecule is C=CCOCCOC(=O)CCCC(C)(C)c1ccc(O)cc1. The Hall–Kier alpha value is -1.81. The van der Waals surface area contributed by atoms with Gasteiger partial charge in [-0.3, -0.25) is 4.79 Å². The van der Waals surface area contributed by atoms with Gasteiger partial charge in [0, 0.05) is 6.42 Å². The van der Waals surface area contributed by atoms with Crippen molar-refractivity contribution in [1.29, 1.82) is 0 Å². The van der Waals surface area contributed by atoms with Crippen LogP contribution in [0.4, 0.5) is 0 Å². The van der Waals surface area contributed by atoms with Gasteiger partial charge in [0.05, 0.1) is 13.2 Å².